The van der Waals surface area contributed by atoms with Crippen LogP contribution in [0.15, 0.2) is 54.7 Å². The monoisotopic (exact) mass is 384 g/mol. The Bertz CT molecular complexity index is 979. The Morgan fingerprint density at radius 1 is 1.00 bits per heavy atom. The fourth-order valence-electron chi connectivity index (χ4n) is 2.50. The van der Waals surface area contributed by atoms with Gasteiger partial charge in [0.25, 0.3) is 0 Å². The summed E-state index contributed by atoms with van der Waals surface area (Å²) >= 11 is 5.76. The van der Waals surface area contributed by atoms with Crippen LogP contribution in [-0.2, 0) is 14.3 Å². The highest BCUT2D eigenvalue weighted by Gasteiger charge is 2.12. The number of ether oxygens (including phenoxy) is 1. The van der Waals surface area contributed by atoms with E-state index in [1.165, 1.54) is 0 Å². The lowest BCUT2D eigenvalue weighted by Crippen LogP contribution is -2.17. The number of carbonyl (C=O) groups excluding carboxylic acids is 3. The number of aromatic nitrogens is 1. The molecule has 0 fully saturated rings. The van der Waals surface area contributed by atoms with Gasteiger partial charge in [0.15, 0.2) is 12.4 Å². The lowest BCUT2D eigenvalue weighted by molar-refractivity contribution is -0.143. The van der Waals surface area contributed by atoms with Gasteiger partial charge in [0, 0.05) is 34.4 Å². The van der Waals surface area contributed by atoms with Crippen LogP contribution in [0, 0.1) is 0 Å². The zero-order valence-electron chi connectivity index (χ0n) is 14.3. The van der Waals surface area contributed by atoms with Gasteiger partial charge in [0.05, 0.1) is 6.42 Å². The van der Waals surface area contributed by atoms with Crippen LogP contribution in [-0.4, -0.2) is 29.3 Å². The second-order valence-electron chi connectivity index (χ2n) is 5.92. The van der Waals surface area contributed by atoms with E-state index < -0.39 is 5.97 Å². The average molecular weight is 385 g/mol. The largest absolute Gasteiger partial charge is 0.457 e. The number of rotatable bonds is 7. The number of carbonyl (C=O) groups is 3. The Hall–Kier alpha value is -3.12. The first kappa shape index (κ1) is 18.7. The van der Waals surface area contributed by atoms with Gasteiger partial charge in [-0.15, -0.1) is 0 Å². The number of anilines is 1. The molecule has 7 heteroatoms. The van der Waals surface area contributed by atoms with Gasteiger partial charge < -0.3 is 15.0 Å². The van der Waals surface area contributed by atoms with E-state index in [9.17, 15) is 14.4 Å². The Labute approximate surface area is 160 Å². The molecule has 2 N–H and O–H groups in total. The Morgan fingerprint density at radius 3 is 2.56 bits per heavy atom. The Kier molecular flexibility index (Phi) is 5.88. The number of benzene rings is 2. The molecule has 1 aromatic heterocycles. The summed E-state index contributed by atoms with van der Waals surface area (Å²) in [6, 6.07) is 13.7. The van der Waals surface area contributed by atoms with Gasteiger partial charge in [0.1, 0.15) is 0 Å². The minimum Gasteiger partial charge on any atom is -0.457 e. The van der Waals surface area contributed by atoms with Crippen LogP contribution in [0.2, 0.25) is 5.02 Å². The van der Waals surface area contributed by atoms with Crippen molar-refractivity contribution in [3.63, 3.8) is 0 Å². The van der Waals surface area contributed by atoms with Crippen LogP contribution >= 0.6 is 11.6 Å². The first-order valence-electron chi connectivity index (χ1n) is 8.32. The lowest BCUT2D eigenvalue weighted by Gasteiger charge is -2.06. The third-order valence-electron chi connectivity index (χ3n) is 3.93. The van der Waals surface area contributed by atoms with Crippen molar-refractivity contribution in [2.24, 2.45) is 0 Å². The number of Topliss-reactive ketones (excluding diaryl/α,β-unsaturated/α-hetero) is 1. The summed E-state index contributed by atoms with van der Waals surface area (Å²) in [7, 11) is 0. The number of amides is 1. The lowest BCUT2D eigenvalue weighted by atomic mass is 10.1. The first-order chi connectivity index (χ1) is 13.0. The van der Waals surface area contributed by atoms with Crippen LogP contribution < -0.4 is 5.32 Å². The molecule has 0 saturated carbocycles. The predicted molar refractivity (Wildman–Crippen MR) is 103 cm³/mol. The molecule has 2 aromatic carbocycles. The molecule has 0 saturated heterocycles. The number of aromatic amines is 1. The van der Waals surface area contributed by atoms with Crippen molar-refractivity contribution < 1.29 is 19.1 Å². The van der Waals surface area contributed by atoms with Gasteiger partial charge in [-0.2, -0.15) is 0 Å². The summed E-state index contributed by atoms with van der Waals surface area (Å²) in [6.07, 6.45) is 1.68. The zero-order chi connectivity index (χ0) is 19.2. The smallest absolute Gasteiger partial charge is 0.306 e. The number of hydrogen-bond donors (Lipinski definition) is 2. The maximum Gasteiger partial charge on any atom is 0.306 e. The number of H-pyrrole nitrogens is 1. The van der Waals surface area contributed by atoms with E-state index in [0.29, 0.717) is 16.3 Å². The summed E-state index contributed by atoms with van der Waals surface area (Å²) < 4.78 is 4.93. The molecule has 0 radical (unpaired) electrons. The van der Waals surface area contributed by atoms with Crippen LogP contribution in [0.3, 0.4) is 0 Å². The fourth-order valence-corrected chi connectivity index (χ4v) is 2.63. The van der Waals surface area contributed by atoms with Gasteiger partial charge in [-0.05, 0) is 47.9 Å². The number of hydrogen-bond acceptors (Lipinski definition) is 4. The van der Waals surface area contributed by atoms with Crippen molar-refractivity contribution in [3.05, 3.63) is 65.3 Å². The summed E-state index contributed by atoms with van der Waals surface area (Å²) in [5.74, 6) is -1.24. The van der Waals surface area contributed by atoms with Gasteiger partial charge in [-0.25, -0.2) is 0 Å². The molecule has 0 aliphatic rings. The first-order valence-corrected chi connectivity index (χ1v) is 8.70. The van der Waals surface area contributed by atoms with Crippen LogP contribution in [0.1, 0.15) is 23.2 Å². The topological polar surface area (TPSA) is 88.3 Å². The molecule has 27 heavy (non-hydrogen) atoms. The third-order valence-corrected chi connectivity index (χ3v) is 4.18. The molecular weight excluding hydrogens is 368 g/mol. The van der Waals surface area contributed by atoms with Crippen molar-refractivity contribution in [2.75, 3.05) is 11.9 Å². The second kappa shape index (κ2) is 8.51. The highest BCUT2D eigenvalue weighted by molar-refractivity contribution is 6.30. The normalized spacial score (nSPS) is 10.6. The molecular formula is C20H17ClN2O4. The molecule has 0 atom stereocenters. The van der Waals surface area contributed by atoms with E-state index >= 15 is 0 Å². The number of esters is 1. The molecule has 6 nitrogen and oxygen atoms in total. The van der Waals surface area contributed by atoms with E-state index in [1.54, 1.807) is 30.3 Å². The van der Waals surface area contributed by atoms with E-state index in [2.05, 4.69) is 10.3 Å². The minimum atomic E-state index is -0.604. The Balaban J connectivity index is 1.42. The van der Waals surface area contributed by atoms with E-state index in [0.717, 1.165) is 10.9 Å². The second-order valence-corrected chi connectivity index (χ2v) is 6.36. The Morgan fingerprint density at radius 2 is 1.78 bits per heavy atom. The molecule has 0 aliphatic heterocycles. The molecule has 138 valence electrons. The molecule has 0 bridgehead atoms. The molecule has 3 aromatic rings. The summed E-state index contributed by atoms with van der Waals surface area (Å²) in [5, 5.41) is 4.29. The third kappa shape index (κ3) is 5.18. The van der Waals surface area contributed by atoms with Crippen molar-refractivity contribution in [1.29, 1.82) is 0 Å². The number of nitrogens with one attached hydrogen (secondary N) is 2. The highest BCUT2D eigenvalue weighted by atomic mass is 35.5. The molecule has 0 unspecified atom stereocenters. The summed E-state index contributed by atoms with van der Waals surface area (Å²) in [5.41, 5.74) is 1.96. The summed E-state index contributed by atoms with van der Waals surface area (Å²) in [4.78, 5) is 38.7. The van der Waals surface area contributed by atoms with Crippen molar-refractivity contribution in [2.45, 2.75) is 12.8 Å². The number of ketones is 1. The minimum absolute atomic E-state index is 0.0310. The standard InChI is InChI=1S/C20H17ClN2O4/c21-15-4-1-14(2-5-15)18(24)12-27-20(26)8-7-19(25)23-16-6-3-13-9-10-22-17(13)11-16/h1-6,9-11,22H,7-8,12H2,(H,23,25). The van der Waals surface area contributed by atoms with E-state index in [1.807, 2.05) is 24.4 Å². The molecule has 1 amide bonds. The predicted octanol–water partition coefficient (Wildman–Crippen LogP) is 3.97. The molecule has 3 rings (SSSR count). The maximum atomic E-state index is 12.0. The van der Waals surface area contributed by atoms with Gasteiger partial charge in [-0.1, -0.05) is 17.7 Å². The molecule has 1 heterocycles. The molecule has 0 aliphatic carbocycles. The maximum absolute atomic E-state index is 12.0. The zero-order valence-corrected chi connectivity index (χ0v) is 15.1. The van der Waals surface area contributed by atoms with Crippen LogP contribution in [0.5, 0.6) is 0 Å². The van der Waals surface area contributed by atoms with Gasteiger partial charge in [-0.3, -0.25) is 14.4 Å². The van der Waals surface area contributed by atoms with Gasteiger partial charge >= 0.3 is 5.97 Å². The fraction of sp³-hybridized carbons (Fsp3) is 0.150. The van der Waals surface area contributed by atoms with Gasteiger partial charge in [0.2, 0.25) is 5.91 Å². The quantitative estimate of drug-likeness (QED) is 0.476. The average Bonchev–Trinajstić information content (AvgIpc) is 3.13. The number of fused-ring (bicyclic) bond motifs is 1. The van der Waals surface area contributed by atoms with E-state index in [-0.39, 0.29) is 31.1 Å². The van der Waals surface area contributed by atoms with Crippen molar-refractivity contribution >= 4 is 45.9 Å². The summed E-state index contributed by atoms with van der Waals surface area (Å²) in [6.45, 7) is -0.369. The van der Waals surface area contributed by atoms with Crippen molar-refractivity contribution in [3.8, 4) is 0 Å². The highest BCUT2D eigenvalue weighted by Crippen LogP contribution is 2.18. The van der Waals surface area contributed by atoms with E-state index in [4.69, 9.17) is 16.3 Å². The number of halogens is 1. The van der Waals surface area contributed by atoms with Crippen LogP contribution in [0.25, 0.3) is 10.9 Å². The van der Waals surface area contributed by atoms with Crippen molar-refractivity contribution in [1.82, 2.24) is 4.98 Å². The SMILES string of the molecule is O=C(CCC(=O)OCC(=O)c1ccc(Cl)cc1)Nc1ccc2cc[nH]c2c1. The molecule has 0 spiro atoms. The van der Waals surface area contributed by atoms with Crippen LogP contribution in [0.4, 0.5) is 5.69 Å².